The molecule has 1 unspecified atom stereocenters. The van der Waals surface area contributed by atoms with Crippen LogP contribution in [-0.4, -0.2) is 9.97 Å². The topological polar surface area (TPSA) is 48.6 Å². The van der Waals surface area contributed by atoms with E-state index in [-0.39, 0.29) is 11.1 Å². The van der Waals surface area contributed by atoms with Crippen LogP contribution in [0.3, 0.4) is 0 Å². The number of imidazole rings is 1. The molecule has 5 heteroatoms. The highest BCUT2D eigenvalue weighted by atomic mass is 79.9. The molecule has 1 aromatic heterocycles. The van der Waals surface area contributed by atoms with Crippen LogP contribution >= 0.6 is 27.5 Å². The molecule has 0 bridgehead atoms. The molecule has 17 heavy (non-hydrogen) atoms. The Balaban J connectivity index is 2.08. The third-order valence-corrected chi connectivity index (χ3v) is 4.77. The number of fused-ring (bicyclic) bond motifs is 1. The Bertz CT molecular complexity index is 614. The average Bonchev–Trinajstić information content (AvgIpc) is 2.53. The maximum absolute atomic E-state index is 11.2. The SMILES string of the molecule is O=c1[nH]c2cc(Br)c(C(Cl)C3CCC3)cc2[nH]1. The number of nitrogens with one attached hydrogen (secondary N) is 2. The van der Waals surface area contributed by atoms with Crippen molar-refractivity contribution in [1.29, 1.82) is 0 Å². The number of alkyl halides is 1. The van der Waals surface area contributed by atoms with Crippen molar-refractivity contribution >= 4 is 38.6 Å². The lowest BCUT2D eigenvalue weighted by Crippen LogP contribution is -2.16. The Morgan fingerprint density at radius 3 is 2.53 bits per heavy atom. The zero-order valence-electron chi connectivity index (χ0n) is 9.09. The minimum atomic E-state index is -0.182. The summed E-state index contributed by atoms with van der Waals surface area (Å²) in [6.07, 6.45) is 3.67. The quantitative estimate of drug-likeness (QED) is 0.816. The Morgan fingerprint density at radius 2 is 1.94 bits per heavy atom. The van der Waals surface area contributed by atoms with E-state index in [9.17, 15) is 4.79 Å². The summed E-state index contributed by atoms with van der Waals surface area (Å²) in [7, 11) is 0. The highest BCUT2D eigenvalue weighted by molar-refractivity contribution is 9.10. The van der Waals surface area contributed by atoms with Crippen LogP contribution in [0.5, 0.6) is 0 Å². The van der Waals surface area contributed by atoms with Gasteiger partial charge in [0.1, 0.15) is 0 Å². The second kappa shape index (κ2) is 4.18. The van der Waals surface area contributed by atoms with Gasteiger partial charge in [-0.15, -0.1) is 11.6 Å². The normalized spacial score (nSPS) is 18.2. The van der Waals surface area contributed by atoms with Crippen LogP contribution in [0.25, 0.3) is 11.0 Å². The molecular weight excluding hydrogens is 304 g/mol. The number of rotatable bonds is 2. The number of halogens is 2. The van der Waals surface area contributed by atoms with Gasteiger partial charge in [-0.3, -0.25) is 0 Å². The summed E-state index contributed by atoms with van der Waals surface area (Å²) in [4.78, 5) is 16.7. The Hall–Kier alpha value is -0.740. The molecule has 1 aromatic carbocycles. The zero-order chi connectivity index (χ0) is 12.0. The fraction of sp³-hybridized carbons (Fsp3) is 0.417. The number of benzene rings is 1. The van der Waals surface area contributed by atoms with Gasteiger partial charge < -0.3 is 9.97 Å². The molecule has 1 heterocycles. The van der Waals surface area contributed by atoms with Gasteiger partial charge in [-0.2, -0.15) is 0 Å². The first-order valence-corrected chi connectivity index (χ1v) is 6.93. The highest BCUT2D eigenvalue weighted by Gasteiger charge is 2.28. The molecule has 3 nitrogen and oxygen atoms in total. The predicted octanol–water partition coefficient (Wildman–Crippen LogP) is 3.70. The molecule has 1 fully saturated rings. The van der Waals surface area contributed by atoms with Gasteiger partial charge in [-0.1, -0.05) is 22.4 Å². The Kier molecular flexibility index (Phi) is 2.79. The van der Waals surface area contributed by atoms with Crippen molar-refractivity contribution in [2.45, 2.75) is 24.6 Å². The van der Waals surface area contributed by atoms with Gasteiger partial charge >= 0.3 is 5.69 Å². The van der Waals surface area contributed by atoms with E-state index >= 15 is 0 Å². The number of hydrogen-bond acceptors (Lipinski definition) is 1. The maximum Gasteiger partial charge on any atom is 0.323 e. The summed E-state index contributed by atoms with van der Waals surface area (Å²) in [5, 5.41) is 0.0286. The number of aromatic amines is 2. The van der Waals surface area contributed by atoms with Crippen molar-refractivity contribution in [2.75, 3.05) is 0 Å². The lowest BCUT2D eigenvalue weighted by Gasteiger charge is -2.30. The van der Waals surface area contributed by atoms with E-state index in [0.717, 1.165) is 21.1 Å². The number of hydrogen-bond donors (Lipinski definition) is 2. The molecule has 0 spiro atoms. The van der Waals surface area contributed by atoms with Crippen molar-refractivity contribution in [2.24, 2.45) is 5.92 Å². The smallest absolute Gasteiger partial charge is 0.306 e. The van der Waals surface area contributed by atoms with Crippen molar-refractivity contribution in [1.82, 2.24) is 9.97 Å². The minimum absolute atomic E-state index is 0.0286. The molecule has 3 rings (SSSR count). The van der Waals surface area contributed by atoms with Crippen molar-refractivity contribution in [3.8, 4) is 0 Å². The molecule has 90 valence electrons. The van der Waals surface area contributed by atoms with Gasteiger partial charge in [0.25, 0.3) is 0 Å². The number of aromatic nitrogens is 2. The molecule has 2 aromatic rings. The van der Waals surface area contributed by atoms with Crippen molar-refractivity contribution in [3.05, 3.63) is 32.7 Å². The summed E-state index contributed by atoms with van der Waals surface area (Å²) in [6, 6.07) is 3.88. The van der Waals surface area contributed by atoms with Crippen molar-refractivity contribution < 1.29 is 0 Å². The first-order valence-electron chi connectivity index (χ1n) is 5.70. The first kappa shape index (κ1) is 11.4. The van der Waals surface area contributed by atoms with Gasteiger partial charge in [-0.25, -0.2) is 4.79 Å². The third-order valence-electron chi connectivity index (χ3n) is 3.49. The first-order chi connectivity index (χ1) is 8.15. The third kappa shape index (κ3) is 1.93. The number of H-pyrrole nitrogens is 2. The van der Waals surface area contributed by atoms with Crippen LogP contribution in [0.1, 0.15) is 30.2 Å². The van der Waals surface area contributed by atoms with E-state index in [1.165, 1.54) is 19.3 Å². The van der Waals surface area contributed by atoms with Crippen LogP contribution in [0.2, 0.25) is 0 Å². The maximum atomic E-state index is 11.2. The van der Waals surface area contributed by atoms with Gasteiger partial charge in [0.2, 0.25) is 0 Å². The second-order valence-electron chi connectivity index (χ2n) is 4.59. The van der Waals surface area contributed by atoms with Crippen molar-refractivity contribution in [3.63, 3.8) is 0 Å². The van der Waals surface area contributed by atoms with E-state index in [0.29, 0.717) is 5.92 Å². The second-order valence-corrected chi connectivity index (χ2v) is 5.92. The van der Waals surface area contributed by atoms with Crippen LogP contribution in [0, 0.1) is 5.92 Å². The molecule has 0 amide bonds. The lowest BCUT2D eigenvalue weighted by molar-refractivity contribution is 0.305. The Morgan fingerprint density at radius 1 is 1.29 bits per heavy atom. The van der Waals surface area contributed by atoms with E-state index in [2.05, 4.69) is 25.9 Å². The largest absolute Gasteiger partial charge is 0.323 e. The fourth-order valence-electron chi connectivity index (χ4n) is 2.27. The van der Waals surface area contributed by atoms with Crippen LogP contribution in [0.4, 0.5) is 0 Å². The standard InChI is InChI=1S/C12H12BrClN2O/c13-8-5-10-9(15-12(17)16-10)4-7(8)11(14)6-2-1-3-6/h4-6,11H,1-3H2,(H2,15,16,17). The van der Waals surface area contributed by atoms with E-state index in [1.54, 1.807) is 0 Å². The monoisotopic (exact) mass is 314 g/mol. The van der Waals surface area contributed by atoms with Gasteiger partial charge in [0.15, 0.2) is 0 Å². The van der Waals surface area contributed by atoms with E-state index in [4.69, 9.17) is 11.6 Å². The fourth-order valence-corrected chi connectivity index (χ4v) is 3.42. The van der Waals surface area contributed by atoms with E-state index in [1.807, 2.05) is 12.1 Å². The van der Waals surface area contributed by atoms with Gasteiger partial charge in [0.05, 0.1) is 16.4 Å². The summed E-state index contributed by atoms with van der Waals surface area (Å²) < 4.78 is 0.965. The predicted molar refractivity (Wildman–Crippen MR) is 72.6 cm³/mol. The minimum Gasteiger partial charge on any atom is -0.306 e. The highest BCUT2D eigenvalue weighted by Crippen LogP contribution is 2.44. The molecule has 1 atom stereocenters. The summed E-state index contributed by atoms with van der Waals surface area (Å²) in [5.74, 6) is 0.566. The molecule has 0 aliphatic heterocycles. The van der Waals surface area contributed by atoms with Gasteiger partial charge in [0, 0.05) is 4.47 Å². The molecule has 1 aliphatic carbocycles. The van der Waals surface area contributed by atoms with Crippen LogP contribution in [0.15, 0.2) is 21.4 Å². The zero-order valence-corrected chi connectivity index (χ0v) is 11.4. The lowest BCUT2D eigenvalue weighted by atomic mass is 9.80. The molecular formula is C12H12BrClN2O. The summed E-state index contributed by atoms with van der Waals surface area (Å²) in [5.41, 5.74) is 2.51. The molecule has 0 radical (unpaired) electrons. The van der Waals surface area contributed by atoms with Crippen LogP contribution in [-0.2, 0) is 0 Å². The van der Waals surface area contributed by atoms with E-state index < -0.39 is 0 Å². The van der Waals surface area contributed by atoms with Crippen LogP contribution < -0.4 is 5.69 Å². The molecule has 0 saturated heterocycles. The van der Waals surface area contributed by atoms with Gasteiger partial charge in [-0.05, 0) is 36.5 Å². The average molecular weight is 316 g/mol. The molecule has 1 saturated carbocycles. The molecule has 1 aliphatic rings. The summed E-state index contributed by atoms with van der Waals surface area (Å²) >= 11 is 10.0. The molecule has 2 N–H and O–H groups in total. The Labute approximate surface area is 112 Å². The summed E-state index contributed by atoms with van der Waals surface area (Å²) in [6.45, 7) is 0.